The first-order chi connectivity index (χ1) is 18.4. The van der Waals surface area contributed by atoms with Gasteiger partial charge in [-0.1, -0.05) is 59.4 Å². The van der Waals surface area contributed by atoms with Gasteiger partial charge in [0.1, 0.15) is 17.4 Å². The molecule has 1 atom stereocenters. The molecule has 2 aromatic rings. The number of unbranched alkanes of at least 4 members (excludes halogenated alkanes) is 4. The number of anilines is 2. The van der Waals surface area contributed by atoms with Crippen LogP contribution in [0.2, 0.25) is 0 Å². The van der Waals surface area contributed by atoms with Gasteiger partial charge in [-0.05, 0) is 55.5 Å². The van der Waals surface area contributed by atoms with E-state index in [-0.39, 0.29) is 34.2 Å². The topological polar surface area (TPSA) is 87.1 Å². The fraction of sp³-hybridized carbons (Fsp3) is 0.531. The maximum Gasteiger partial charge on any atom is 0.182 e. The molecule has 0 aromatic heterocycles. The van der Waals surface area contributed by atoms with Crippen LogP contribution in [0.5, 0.6) is 11.5 Å². The molecule has 0 heterocycles. The average Bonchev–Trinajstić information content (AvgIpc) is 2.91. The lowest BCUT2D eigenvalue weighted by molar-refractivity contribution is -0.269. The van der Waals surface area contributed by atoms with Crippen molar-refractivity contribution < 1.29 is 20.1 Å². The van der Waals surface area contributed by atoms with Gasteiger partial charge in [-0.15, -0.1) is 5.75 Å². The van der Waals surface area contributed by atoms with E-state index in [0.29, 0.717) is 5.56 Å². The zero-order valence-corrected chi connectivity index (χ0v) is 23.6. The highest BCUT2D eigenvalue weighted by Gasteiger charge is 2.42. The number of allylic oxidation sites excluding steroid dienone is 2. The normalized spacial score (nSPS) is 15.1. The number of carbonyl (C=O) groups excluding carboxylic acids is 1. The first kappa shape index (κ1) is 29.4. The number of ketones is 1. The van der Waals surface area contributed by atoms with E-state index in [4.69, 9.17) is 0 Å². The fourth-order valence-electron chi connectivity index (χ4n) is 5.04. The van der Waals surface area contributed by atoms with E-state index in [1.807, 2.05) is 12.1 Å². The highest BCUT2D eigenvalue weighted by molar-refractivity contribution is 6.32. The van der Waals surface area contributed by atoms with Crippen LogP contribution in [0.15, 0.2) is 42.2 Å². The Balaban J connectivity index is 1.84. The van der Waals surface area contributed by atoms with Crippen molar-refractivity contribution in [3.05, 3.63) is 53.3 Å². The number of rotatable bonds is 16. The summed E-state index contributed by atoms with van der Waals surface area (Å²) in [6, 6.07) is 10.4. The number of aliphatic hydroxyl groups is 1. The lowest BCUT2D eigenvalue weighted by atomic mass is 9.74. The second kappa shape index (κ2) is 14.1. The number of Topliss-reactive ketones (excluding diaryl/α,β-unsaturated/α-hetero) is 1. The third kappa shape index (κ3) is 6.64. The monoisotopic (exact) mass is 521 g/mol. The zero-order chi connectivity index (χ0) is 27.7. The molecule has 1 unspecified atom stereocenters. The number of hydrogen-bond donors (Lipinski definition) is 2. The lowest BCUT2D eigenvalue weighted by Crippen LogP contribution is -2.30. The zero-order valence-electron chi connectivity index (χ0n) is 23.6. The summed E-state index contributed by atoms with van der Waals surface area (Å²) in [6.45, 7) is 12.2. The molecule has 6 heteroatoms. The molecule has 6 nitrogen and oxygen atoms in total. The predicted octanol–water partition coefficient (Wildman–Crippen LogP) is 6.91. The lowest BCUT2D eigenvalue weighted by Gasteiger charge is -2.33. The van der Waals surface area contributed by atoms with Gasteiger partial charge in [-0.2, -0.15) is 0 Å². The Bertz CT molecular complexity index is 1090. The number of aliphatic hydroxyl groups excluding tert-OH is 1. The Labute approximate surface area is 228 Å². The van der Waals surface area contributed by atoms with E-state index >= 15 is 0 Å². The minimum Gasteiger partial charge on any atom is -0.872 e. The predicted molar refractivity (Wildman–Crippen MR) is 155 cm³/mol. The standard InChI is InChI=1S/C32H46N2O4/c1-5-9-17-33(18-10-6-2)23-13-15-25(27(35)21-23)29-31(37)30(32(29)38)26-16-14-24(22-28(26)36)34(19-11-7-3)20-12-8-4/h13-16,21-22,29,35-37H,5-12,17-20H2,1-4H3/p-1. The van der Waals surface area contributed by atoms with Crippen molar-refractivity contribution in [3.8, 4) is 11.5 Å². The number of carbonyl (C=O) groups is 1. The molecular formula is C32H45N2O4-. The van der Waals surface area contributed by atoms with Gasteiger partial charge in [-0.3, -0.25) is 4.79 Å². The number of nitrogens with zero attached hydrogens (tertiary/aromatic N) is 2. The summed E-state index contributed by atoms with van der Waals surface area (Å²) in [6.07, 6.45) is 8.53. The molecule has 2 aromatic carbocycles. The molecule has 0 saturated heterocycles. The molecule has 0 radical (unpaired) electrons. The van der Waals surface area contributed by atoms with Crippen molar-refractivity contribution in [2.75, 3.05) is 36.0 Å². The van der Waals surface area contributed by atoms with Crippen molar-refractivity contribution in [2.24, 2.45) is 0 Å². The van der Waals surface area contributed by atoms with Gasteiger partial charge in [0, 0.05) is 49.2 Å². The van der Waals surface area contributed by atoms with Crippen molar-refractivity contribution in [3.63, 3.8) is 0 Å². The average molecular weight is 522 g/mol. The Morgan fingerprint density at radius 2 is 1.21 bits per heavy atom. The van der Waals surface area contributed by atoms with Gasteiger partial charge in [0.2, 0.25) is 0 Å². The third-order valence-electron chi connectivity index (χ3n) is 7.45. The van der Waals surface area contributed by atoms with Gasteiger partial charge in [0.25, 0.3) is 0 Å². The number of benzene rings is 2. The highest BCUT2D eigenvalue weighted by Crippen LogP contribution is 2.47. The summed E-state index contributed by atoms with van der Waals surface area (Å²) < 4.78 is 0. The Morgan fingerprint density at radius 1 is 0.737 bits per heavy atom. The Kier molecular flexibility index (Phi) is 10.9. The van der Waals surface area contributed by atoms with Crippen LogP contribution in [0.1, 0.15) is 96.1 Å². The third-order valence-corrected chi connectivity index (χ3v) is 7.45. The van der Waals surface area contributed by atoms with Crippen LogP contribution in [0.3, 0.4) is 0 Å². The van der Waals surface area contributed by atoms with Gasteiger partial charge < -0.3 is 25.1 Å². The maximum absolute atomic E-state index is 13.2. The molecule has 0 amide bonds. The SMILES string of the molecule is CCCCN(CCCC)c1ccc(C2C(=O)C(c3ccc(N(CCCC)CCCC)cc3O)=C2O)c([O-])c1. The Morgan fingerprint density at radius 3 is 1.63 bits per heavy atom. The summed E-state index contributed by atoms with van der Waals surface area (Å²) >= 11 is 0. The first-order valence-electron chi connectivity index (χ1n) is 14.5. The van der Waals surface area contributed by atoms with E-state index in [2.05, 4.69) is 37.5 Å². The van der Waals surface area contributed by atoms with Gasteiger partial charge in [0.15, 0.2) is 5.78 Å². The summed E-state index contributed by atoms with van der Waals surface area (Å²) in [5, 5.41) is 34.8. The van der Waals surface area contributed by atoms with E-state index in [9.17, 15) is 20.1 Å². The molecule has 0 spiro atoms. The van der Waals surface area contributed by atoms with Crippen molar-refractivity contribution in [1.82, 2.24) is 0 Å². The quantitative estimate of drug-likeness (QED) is 0.249. The van der Waals surface area contributed by atoms with Crippen molar-refractivity contribution >= 4 is 22.7 Å². The molecular weight excluding hydrogens is 476 g/mol. The minimum absolute atomic E-state index is 0.0333. The van der Waals surface area contributed by atoms with Gasteiger partial charge >= 0.3 is 0 Å². The summed E-state index contributed by atoms with van der Waals surface area (Å²) in [5.74, 6) is -1.74. The number of phenols is 1. The molecule has 3 rings (SSSR count). The summed E-state index contributed by atoms with van der Waals surface area (Å²) in [7, 11) is 0. The summed E-state index contributed by atoms with van der Waals surface area (Å²) in [4.78, 5) is 17.7. The van der Waals surface area contributed by atoms with Crippen molar-refractivity contribution in [1.29, 1.82) is 0 Å². The van der Waals surface area contributed by atoms with E-state index < -0.39 is 5.92 Å². The number of hydrogen-bond acceptors (Lipinski definition) is 6. The van der Waals surface area contributed by atoms with Crippen LogP contribution < -0.4 is 14.9 Å². The van der Waals surface area contributed by atoms with Crippen LogP contribution >= 0.6 is 0 Å². The second-order valence-corrected chi connectivity index (χ2v) is 10.4. The van der Waals surface area contributed by atoms with Crippen LogP contribution in [0, 0.1) is 0 Å². The molecule has 1 aliphatic carbocycles. The van der Waals surface area contributed by atoms with E-state index in [1.54, 1.807) is 24.3 Å². The minimum atomic E-state index is -0.976. The largest absolute Gasteiger partial charge is 0.872 e. The highest BCUT2D eigenvalue weighted by atomic mass is 16.3. The number of aromatic hydroxyl groups is 1. The molecule has 1 aliphatic rings. The van der Waals surface area contributed by atoms with E-state index in [0.717, 1.165) is 88.9 Å². The molecule has 0 saturated carbocycles. The fourth-order valence-corrected chi connectivity index (χ4v) is 5.04. The van der Waals surface area contributed by atoms with Crippen molar-refractivity contribution in [2.45, 2.75) is 85.0 Å². The molecule has 38 heavy (non-hydrogen) atoms. The Hall–Kier alpha value is -3.15. The van der Waals surface area contributed by atoms with Crippen LogP contribution in [-0.4, -0.2) is 42.2 Å². The van der Waals surface area contributed by atoms with Gasteiger partial charge in [0.05, 0.1) is 5.57 Å². The molecule has 0 aliphatic heterocycles. The second-order valence-electron chi connectivity index (χ2n) is 10.4. The molecule has 0 bridgehead atoms. The maximum atomic E-state index is 13.2. The van der Waals surface area contributed by atoms with Gasteiger partial charge in [-0.25, -0.2) is 0 Å². The first-order valence-corrected chi connectivity index (χ1v) is 14.5. The number of phenolic OH excluding ortho intramolecular Hbond substituents is 1. The molecule has 0 fully saturated rings. The van der Waals surface area contributed by atoms with Crippen LogP contribution in [0.25, 0.3) is 5.57 Å². The smallest absolute Gasteiger partial charge is 0.182 e. The van der Waals surface area contributed by atoms with Crippen LogP contribution in [0.4, 0.5) is 11.4 Å². The molecule has 208 valence electrons. The van der Waals surface area contributed by atoms with Crippen LogP contribution in [-0.2, 0) is 4.79 Å². The van der Waals surface area contributed by atoms with E-state index in [1.165, 1.54) is 0 Å². The summed E-state index contributed by atoms with van der Waals surface area (Å²) in [5.41, 5.74) is 2.47. The molecule has 2 N–H and O–H groups in total.